The predicted molar refractivity (Wildman–Crippen MR) is 109 cm³/mol. The van der Waals surface area contributed by atoms with E-state index in [1.807, 2.05) is 25.1 Å². The number of carbonyl (C=O) groups is 2. The van der Waals surface area contributed by atoms with Gasteiger partial charge in [0.05, 0.1) is 0 Å². The van der Waals surface area contributed by atoms with Gasteiger partial charge in [0.1, 0.15) is 0 Å². The molecule has 3 rings (SSSR count). The van der Waals surface area contributed by atoms with Gasteiger partial charge in [-0.15, -0.1) is 0 Å². The van der Waals surface area contributed by atoms with Gasteiger partial charge < -0.3 is 10.6 Å². The molecule has 0 radical (unpaired) electrons. The van der Waals surface area contributed by atoms with E-state index in [0.717, 1.165) is 29.7 Å². The number of para-hydroxylation sites is 1. The molecule has 0 heterocycles. The molecular formula is C23H28N2O2. The molecule has 2 aromatic carbocycles. The van der Waals surface area contributed by atoms with E-state index < -0.39 is 0 Å². The fourth-order valence-corrected chi connectivity index (χ4v) is 3.64. The van der Waals surface area contributed by atoms with E-state index in [9.17, 15) is 9.59 Å². The molecule has 1 saturated carbocycles. The van der Waals surface area contributed by atoms with Crippen LogP contribution in [0.2, 0.25) is 0 Å². The SMILES string of the molecule is Cc1cccc(C(C)C)c1NC(=O)c1ccc(C(=O)NC2CCCC2)cc1. The average Bonchev–Trinajstić information content (AvgIpc) is 3.16. The summed E-state index contributed by atoms with van der Waals surface area (Å²) in [5.41, 5.74) is 4.18. The molecule has 0 aromatic heterocycles. The zero-order valence-corrected chi connectivity index (χ0v) is 16.3. The summed E-state index contributed by atoms with van der Waals surface area (Å²) in [4.78, 5) is 25.0. The Morgan fingerprint density at radius 3 is 2.11 bits per heavy atom. The Morgan fingerprint density at radius 2 is 1.52 bits per heavy atom. The third-order valence-electron chi connectivity index (χ3n) is 5.27. The van der Waals surface area contributed by atoms with Crippen molar-refractivity contribution in [2.75, 3.05) is 5.32 Å². The standard InChI is InChI=1S/C23H28N2O2/c1-15(2)20-10-6-7-16(3)21(20)25-23(27)18-13-11-17(12-14-18)22(26)24-19-8-4-5-9-19/h6-7,10-15,19H,4-5,8-9H2,1-3H3,(H,24,26)(H,25,27). The zero-order chi connectivity index (χ0) is 19.4. The lowest BCUT2D eigenvalue weighted by atomic mass is 9.98. The zero-order valence-electron chi connectivity index (χ0n) is 16.3. The van der Waals surface area contributed by atoms with Crippen LogP contribution in [0.25, 0.3) is 0 Å². The fraction of sp³-hybridized carbons (Fsp3) is 0.391. The minimum absolute atomic E-state index is 0.0603. The topological polar surface area (TPSA) is 58.2 Å². The minimum Gasteiger partial charge on any atom is -0.349 e. The molecule has 0 spiro atoms. The van der Waals surface area contributed by atoms with E-state index in [2.05, 4.69) is 24.5 Å². The summed E-state index contributed by atoms with van der Waals surface area (Å²) >= 11 is 0. The summed E-state index contributed by atoms with van der Waals surface area (Å²) in [6.07, 6.45) is 4.48. The number of nitrogens with one attached hydrogen (secondary N) is 2. The first kappa shape index (κ1) is 19.2. The van der Waals surface area contributed by atoms with Gasteiger partial charge in [-0.2, -0.15) is 0 Å². The smallest absolute Gasteiger partial charge is 0.255 e. The molecule has 1 aliphatic rings. The van der Waals surface area contributed by atoms with Crippen molar-refractivity contribution in [2.45, 2.75) is 58.4 Å². The van der Waals surface area contributed by atoms with Crippen LogP contribution in [0.3, 0.4) is 0 Å². The number of aryl methyl sites for hydroxylation is 1. The molecule has 0 bridgehead atoms. The molecule has 2 N–H and O–H groups in total. The van der Waals surface area contributed by atoms with Gasteiger partial charge in [0.15, 0.2) is 0 Å². The van der Waals surface area contributed by atoms with Gasteiger partial charge in [0.25, 0.3) is 11.8 Å². The largest absolute Gasteiger partial charge is 0.349 e. The molecule has 27 heavy (non-hydrogen) atoms. The highest BCUT2D eigenvalue weighted by Crippen LogP contribution is 2.28. The van der Waals surface area contributed by atoms with Crippen molar-refractivity contribution >= 4 is 17.5 Å². The highest BCUT2D eigenvalue weighted by Gasteiger charge is 2.18. The van der Waals surface area contributed by atoms with Crippen LogP contribution in [0, 0.1) is 6.92 Å². The lowest BCUT2D eigenvalue weighted by Crippen LogP contribution is -2.32. The van der Waals surface area contributed by atoms with Gasteiger partial charge in [-0.1, -0.05) is 44.9 Å². The van der Waals surface area contributed by atoms with Crippen molar-refractivity contribution in [1.29, 1.82) is 0 Å². The molecule has 0 saturated heterocycles. The first-order valence-electron chi connectivity index (χ1n) is 9.77. The average molecular weight is 364 g/mol. The second kappa shape index (κ2) is 8.38. The Kier molecular flexibility index (Phi) is 5.94. The van der Waals surface area contributed by atoms with Crippen molar-refractivity contribution in [2.24, 2.45) is 0 Å². The third kappa shape index (κ3) is 4.57. The Bertz CT molecular complexity index is 819. The van der Waals surface area contributed by atoms with Crippen LogP contribution in [-0.2, 0) is 0 Å². The van der Waals surface area contributed by atoms with Crippen molar-refractivity contribution in [3.63, 3.8) is 0 Å². The van der Waals surface area contributed by atoms with Gasteiger partial charge in [-0.25, -0.2) is 0 Å². The second-order valence-electron chi connectivity index (χ2n) is 7.68. The maximum Gasteiger partial charge on any atom is 0.255 e. The third-order valence-corrected chi connectivity index (χ3v) is 5.27. The quantitative estimate of drug-likeness (QED) is 0.780. The van der Waals surface area contributed by atoms with Crippen LogP contribution in [0.5, 0.6) is 0 Å². The van der Waals surface area contributed by atoms with Crippen molar-refractivity contribution in [1.82, 2.24) is 5.32 Å². The summed E-state index contributed by atoms with van der Waals surface area (Å²) in [5.74, 6) is 0.102. The molecule has 2 amide bonds. The Morgan fingerprint density at radius 1 is 0.926 bits per heavy atom. The Balaban J connectivity index is 1.70. The molecular weight excluding hydrogens is 336 g/mol. The fourth-order valence-electron chi connectivity index (χ4n) is 3.64. The maximum absolute atomic E-state index is 12.7. The summed E-state index contributed by atoms with van der Waals surface area (Å²) in [5, 5.41) is 6.12. The van der Waals surface area contributed by atoms with Gasteiger partial charge in [-0.3, -0.25) is 9.59 Å². The maximum atomic E-state index is 12.7. The molecule has 2 aromatic rings. The van der Waals surface area contributed by atoms with Crippen LogP contribution in [0.1, 0.15) is 77.3 Å². The number of hydrogen-bond acceptors (Lipinski definition) is 2. The highest BCUT2D eigenvalue weighted by molar-refractivity contribution is 6.05. The van der Waals surface area contributed by atoms with Crippen molar-refractivity contribution < 1.29 is 9.59 Å². The van der Waals surface area contributed by atoms with E-state index in [-0.39, 0.29) is 17.9 Å². The van der Waals surface area contributed by atoms with E-state index >= 15 is 0 Å². The normalized spacial score (nSPS) is 14.4. The first-order chi connectivity index (χ1) is 13.0. The molecule has 142 valence electrons. The van der Waals surface area contributed by atoms with Crippen molar-refractivity contribution in [3.05, 3.63) is 64.7 Å². The lowest BCUT2D eigenvalue weighted by Gasteiger charge is -2.16. The number of hydrogen-bond donors (Lipinski definition) is 2. The van der Waals surface area contributed by atoms with Crippen LogP contribution in [0.4, 0.5) is 5.69 Å². The van der Waals surface area contributed by atoms with Gasteiger partial charge in [-0.05, 0) is 61.1 Å². The number of amides is 2. The number of benzene rings is 2. The summed E-state index contributed by atoms with van der Waals surface area (Å²) in [6.45, 7) is 6.22. The predicted octanol–water partition coefficient (Wildman–Crippen LogP) is 5.04. The highest BCUT2D eigenvalue weighted by atomic mass is 16.2. The lowest BCUT2D eigenvalue weighted by molar-refractivity contribution is 0.0936. The van der Waals surface area contributed by atoms with E-state index in [1.165, 1.54) is 12.8 Å². The van der Waals surface area contributed by atoms with Crippen LogP contribution in [-0.4, -0.2) is 17.9 Å². The molecule has 0 atom stereocenters. The molecule has 1 aliphatic carbocycles. The number of anilines is 1. The van der Waals surface area contributed by atoms with E-state index in [0.29, 0.717) is 17.0 Å². The van der Waals surface area contributed by atoms with E-state index in [4.69, 9.17) is 0 Å². The van der Waals surface area contributed by atoms with Crippen LogP contribution in [0.15, 0.2) is 42.5 Å². The molecule has 0 unspecified atom stereocenters. The summed E-state index contributed by atoms with van der Waals surface area (Å²) < 4.78 is 0. The Hall–Kier alpha value is -2.62. The van der Waals surface area contributed by atoms with Crippen LogP contribution < -0.4 is 10.6 Å². The molecule has 4 nitrogen and oxygen atoms in total. The van der Waals surface area contributed by atoms with Gasteiger partial charge >= 0.3 is 0 Å². The second-order valence-corrected chi connectivity index (χ2v) is 7.68. The molecule has 4 heteroatoms. The van der Waals surface area contributed by atoms with Crippen LogP contribution >= 0.6 is 0 Å². The number of rotatable bonds is 5. The monoisotopic (exact) mass is 364 g/mol. The number of carbonyl (C=O) groups excluding carboxylic acids is 2. The molecule has 1 fully saturated rings. The van der Waals surface area contributed by atoms with Gasteiger partial charge in [0, 0.05) is 22.9 Å². The van der Waals surface area contributed by atoms with Gasteiger partial charge in [0.2, 0.25) is 0 Å². The summed E-state index contributed by atoms with van der Waals surface area (Å²) in [6, 6.07) is 13.2. The van der Waals surface area contributed by atoms with Crippen molar-refractivity contribution in [3.8, 4) is 0 Å². The Labute approximate surface area is 161 Å². The molecule has 0 aliphatic heterocycles. The first-order valence-corrected chi connectivity index (χ1v) is 9.77. The minimum atomic E-state index is -0.158. The van der Waals surface area contributed by atoms with E-state index in [1.54, 1.807) is 24.3 Å². The summed E-state index contributed by atoms with van der Waals surface area (Å²) in [7, 11) is 0.